The second-order valence-electron chi connectivity index (χ2n) is 16.3. The Morgan fingerprint density at radius 1 is 0.435 bits per heavy atom. The van der Waals surface area contributed by atoms with Gasteiger partial charge in [-0.3, -0.25) is 0 Å². The van der Waals surface area contributed by atoms with Gasteiger partial charge < -0.3 is 41.5 Å². The van der Waals surface area contributed by atoms with Gasteiger partial charge in [0.25, 0.3) is 14.3 Å². The van der Waals surface area contributed by atoms with E-state index in [4.69, 9.17) is 42.6 Å². The molecule has 10 aromatic rings. The highest BCUT2D eigenvalue weighted by Gasteiger charge is 2.37. The van der Waals surface area contributed by atoms with Gasteiger partial charge in [-0.25, -0.2) is 44.4 Å². The standard InChI is InChI=1S/C28H10F6N6O4.C22H8F6I2N2O4.C3H2N2/c1-37-24(38-2)26-40-21-19(14-5-9-17(10-6-14)44-28(32,33)34)22-20(39-25(41-22)15(11-35)12-36)18(23(21)42-26)13-3-7-16(8-4-13)43-27(29,30)31;23-21(24,25)35-11-5-1-9(2-6-11)13-15-18(34-19(29)31-15)14(16-17(13)33-20(30)32-16)10-3-7-12(8-4-10)36-22(26,27)28;1-5-3-2-4/h3-10,15,24H;1-8H;3H2. The van der Waals surface area contributed by atoms with Gasteiger partial charge in [0, 0.05) is 45.2 Å². The normalized spacial score (nSPS) is 11.6. The third-order valence-corrected chi connectivity index (χ3v) is 11.9. The van der Waals surface area contributed by atoms with E-state index in [0.717, 1.165) is 48.5 Å². The molecule has 428 valence electrons. The summed E-state index contributed by atoms with van der Waals surface area (Å²) in [5.74, 6) is -4.15. The summed E-state index contributed by atoms with van der Waals surface area (Å²) in [6, 6.07) is 24.2. The van der Waals surface area contributed by atoms with E-state index in [2.05, 4.69) is 53.4 Å². The molecular weight excluding hydrogens is 1390 g/mol. The van der Waals surface area contributed by atoms with E-state index >= 15 is 0 Å². The van der Waals surface area contributed by atoms with Gasteiger partial charge in [-0.15, -0.1) is 52.7 Å². The van der Waals surface area contributed by atoms with Crippen LogP contribution in [0.15, 0.2) is 115 Å². The minimum absolute atomic E-state index is 0.0139. The number of ether oxygens (including phenoxy) is 4. The molecule has 0 spiro atoms. The lowest BCUT2D eigenvalue weighted by atomic mass is 9.96. The Balaban J connectivity index is 0.000000208. The lowest BCUT2D eigenvalue weighted by Crippen LogP contribution is -2.17. The van der Waals surface area contributed by atoms with Crippen molar-refractivity contribution in [3.8, 4) is 85.7 Å². The van der Waals surface area contributed by atoms with Crippen molar-refractivity contribution in [2.75, 3.05) is 6.54 Å². The quantitative estimate of drug-likeness (QED) is 0.0537. The fourth-order valence-electron chi connectivity index (χ4n) is 7.96. The Labute approximate surface area is 492 Å². The molecule has 0 atom stereocenters. The predicted molar refractivity (Wildman–Crippen MR) is 284 cm³/mol. The summed E-state index contributed by atoms with van der Waals surface area (Å²) in [5.41, 5.74) is 3.01. The smallest absolute Gasteiger partial charge is 0.437 e. The Morgan fingerprint density at radius 2 is 0.706 bits per heavy atom. The third kappa shape index (κ3) is 14.2. The molecule has 0 N–H and O–H groups in total. The van der Waals surface area contributed by atoms with Gasteiger partial charge in [-0.1, -0.05) is 48.5 Å². The van der Waals surface area contributed by atoms with Crippen molar-refractivity contribution < 1.29 is 89.3 Å². The molecule has 0 amide bonds. The van der Waals surface area contributed by atoms with Crippen LogP contribution in [0.5, 0.6) is 23.0 Å². The first-order chi connectivity index (χ1) is 40.1. The van der Waals surface area contributed by atoms with Crippen LogP contribution >= 0.6 is 45.2 Å². The first-order valence-electron chi connectivity index (χ1n) is 22.7. The zero-order chi connectivity index (χ0) is 61.8. The average molecular weight is 1410 g/mol. The monoisotopic (exact) mass is 1410 g/mol. The van der Waals surface area contributed by atoms with Gasteiger partial charge in [-0.05, 0) is 70.8 Å². The lowest BCUT2D eigenvalue weighted by Gasteiger charge is -2.12. The molecule has 0 saturated heterocycles. The van der Waals surface area contributed by atoms with Crippen molar-refractivity contribution in [3.05, 3.63) is 151 Å². The average Bonchev–Trinajstić information content (AvgIpc) is 1.66. The maximum Gasteiger partial charge on any atom is 0.573 e. The molecule has 10 rings (SSSR count). The number of hydrogen-bond donors (Lipinski definition) is 0. The summed E-state index contributed by atoms with van der Waals surface area (Å²) in [4.78, 5) is 26.6. The minimum atomic E-state index is -4.97. The fourth-order valence-corrected chi connectivity index (χ4v) is 8.88. The minimum Gasteiger partial charge on any atom is -0.437 e. The van der Waals surface area contributed by atoms with Gasteiger partial charge in [-0.2, -0.15) is 20.8 Å². The molecule has 32 heteroatoms. The van der Waals surface area contributed by atoms with Crippen LogP contribution in [-0.4, -0.2) is 51.9 Å². The van der Waals surface area contributed by atoms with Gasteiger partial charge in [0.2, 0.25) is 11.8 Å². The molecule has 6 aromatic carbocycles. The highest BCUT2D eigenvalue weighted by molar-refractivity contribution is 14.1. The highest BCUT2D eigenvalue weighted by atomic mass is 127. The van der Waals surface area contributed by atoms with E-state index in [1.54, 1.807) is 18.2 Å². The first kappa shape index (κ1) is 61.0. The van der Waals surface area contributed by atoms with Crippen LogP contribution in [0.1, 0.15) is 23.9 Å². The van der Waals surface area contributed by atoms with Crippen molar-refractivity contribution in [2.45, 2.75) is 37.5 Å². The summed E-state index contributed by atoms with van der Waals surface area (Å²) in [7, 11) is 0. The van der Waals surface area contributed by atoms with Crippen LogP contribution in [0.2, 0.25) is 0 Å². The second-order valence-corrected chi connectivity index (χ2v) is 18.2. The number of nitrogens with zero attached hydrogens (tertiary/aromatic N) is 10. The maximum absolute atomic E-state index is 12.8. The van der Waals surface area contributed by atoms with Crippen LogP contribution in [0.25, 0.3) is 103 Å². The zero-order valence-electron chi connectivity index (χ0n) is 41.1. The molecule has 0 unspecified atom stereocenters. The zero-order valence-corrected chi connectivity index (χ0v) is 45.4. The van der Waals surface area contributed by atoms with Crippen LogP contribution in [0, 0.1) is 61.5 Å². The molecule has 0 aliphatic rings. The van der Waals surface area contributed by atoms with Crippen LogP contribution in [0.3, 0.4) is 0 Å². The van der Waals surface area contributed by atoms with E-state index in [-0.39, 0.29) is 81.7 Å². The molecule has 0 radical (unpaired) electrons. The summed E-state index contributed by atoms with van der Waals surface area (Å²) in [6.45, 7) is 20.7. The second kappa shape index (κ2) is 24.4. The Kier molecular flexibility index (Phi) is 17.5. The summed E-state index contributed by atoms with van der Waals surface area (Å²) < 4.78 is 192. The number of alkyl halides is 12. The van der Waals surface area contributed by atoms with Crippen molar-refractivity contribution >= 4 is 89.6 Å². The SMILES string of the molecule is FC(F)(F)Oc1ccc(-c2c3nc(I)oc3c(-c3ccc(OC(F)(F)F)cc3)c3nc(I)oc23)cc1.[C-]#[N+]C([N+]#[C-])c1nc2c(-c3ccc(OC(F)(F)F)cc3)c3oc(C(C#N)C#N)nc3c(-c3ccc(OC(F)(F)F)cc3)c2o1.[C-]#[N+]CC#N. The third-order valence-electron chi connectivity index (χ3n) is 11.0. The number of rotatable bonds is 10. The van der Waals surface area contributed by atoms with Crippen LogP contribution in [0.4, 0.5) is 52.7 Å². The van der Waals surface area contributed by atoms with E-state index in [1.165, 1.54) is 48.5 Å². The van der Waals surface area contributed by atoms with Gasteiger partial charge >= 0.3 is 37.5 Å². The number of aromatic nitrogens is 4. The number of oxazole rings is 4. The van der Waals surface area contributed by atoms with Crippen LogP contribution < -0.4 is 18.9 Å². The molecule has 4 heterocycles. The molecule has 0 saturated carbocycles. The number of benzene rings is 6. The topological polar surface area (TPSA) is 225 Å². The number of nitriles is 3. The van der Waals surface area contributed by atoms with Gasteiger partial charge in [0.1, 0.15) is 51.1 Å². The molecule has 4 aromatic heterocycles. The first-order valence-corrected chi connectivity index (χ1v) is 24.8. The van der Waals surface area contributed by atoms with Crippen LogP contribution in [-0.2, 0) is 0 Å². The number of halogens is 14. The molecule has 0 aliphatic heterocycles. The highest BCUT2D eigenvalue weighted by Crippen LogP contribution is 2.48. The Morgan fingerprint density at radius 3 is 0.953 bits per heavy atom. The Bertz CT molecular complexity index is 3990. The molecule has 85 heavy (non-hydrogen) atoms. The van der Waals surface area contributed by atoms with Crippen molar-refractivity contribution in [1.29, 1.82) is 15.8 Å². The number of hydrogen-bond acceptors (Lipinski definition) is 15. The molecular formula is C53H20F12I2N10O8. The van der Waals surface area contributed by atoms with E-state index < -0.39 is 60.5 Å². The van der Waals surface area contributed by atoms with E-state index in [9.17, 15) is 63.2 Å². The van der Waals surface area contributed by atoms with Gasteiger partial charge in [0.05, 0.1) is 34.4 Å². The van der Waals surface area contributed by atoms with Crippen molar-refractivity contribution in [2.24, 2.45) is 0 Å². The van der Waals surface area contributed by atoms with Gasteiger partial charge in [0.15, 0.2) is 22.3 Å². The predicted octanol–water partition coefficient (Wildman–Crippen LogP) is 16.8. The largest absolute Gasteiger partial charge is 0.573 e. The van der Waals surface area contributed by atoms with E-state index in [0.29, 0.717) is 33.3 Å². The molecule has 18 nitrogen and oxygen atoms in total. The summed E-state index contributed by atoms with van der Waals surface area (Å²) in [5, 5.41) is 26.5. The fraction of sp³-hybridized carbons (Fsp3) is 0.132. The Hall–Kier alpha value is -10.0. The molecule has 0 bridgehead atoms. The van der Waals surface area contributed by atoms with E-state index in [1.807, 2.05) is 45.2 Å². The summed E-state index contributed by atoms with van der Waals surface area (Å²) >= 11 is 3.71. The maximum atomic E-state index is 12.8. The van der Waals surface area contributed by atoms with Crippen molar-refractivity contribution in [1.82, 2.24) is 19.9 Å². The number of fused-ring (bicyclic) bond motifs is 4. The molecule has 0 aliphatic carbocycles. The molecule has 0 fully saturated rings. The summed E-state index contributed by atoms with van der Waals surface area (Å²) in [6.07, 6.45) is -21.2. The lowest BCUT2D eigenvalue weighted by molar-refractivity contribution is -0.275. The van der Waals surface area contributed by atoms with Crippen molar-refractivity contribution in [3.63, 3.8) is 0 Å².